The predicted molar refractivity (Wildman–Crippen MR) is 78.0 cm³/mol. The number of rotatable bonds is 4. The van der Waals surface area contributed by atoms with E-state index in [1.54, 1.807) is 6.07 Å². The summed E-state index contributed by atoms with van der Waals surface area (Å²) in [6.07, 6.45) is 5.04. The molecule has 0 saturated carbocycles. The average Bonchev–Trinajstić information content (AvgIpc) is 2.45. The zero-order valence-corrected chi connectivity index (χ0v) is 11.6. The Morgan fingerprint density at radius 2 is 2.00 bits per heavy atom. The molecule has 0 N–H and O–H groups in total. The van der Waals surface area contributed by atoms with Gasteiger partial charge < -0.3 is 0 Å². The summed E-state index contributed by atoms with van der Waals surface area (Å²) < 4.78 is 0. The fourth-order valence-corrected chi connectivity index (χ4v) is 2.09. The van der Waals surface area contributed by atoms with E-state index in [2.05, 4.69) is 36.2 Å². The summed E-state index contributed by atoms with van der Waals surface area (Å²) in [5.41, 5.74) is 3.56. The molecule has 19 heavy (non-hydrogen) atoms. The van der Waals surface area contributed by atoms with Crippen LogP contribution in [0.3, 0.4) is 0 Å². The molecule has 96 valence electrons. The van der Waals surface area contributed by atoms with Gasteiger partial charge in [0.1, 0.15) is 6.07 Å². The summed E-state index contributed by atoms with van der Waals surface area (Å²) in [6, 6.07) is 12.1. The molecule has 0 fully saturated rings. The van der Waals surface area contributed by atoms with Gasteiger partial charge in [0.25, 0.3) is 0 Å². The van der Waals surface area contributed by atoms with E-state index in [0.29, 0.717) is 10.6 Å². The van der Waals surface area contributed by atoms with E-state index in [1.165, 1.54) is 24.6 Å². The van der Waals surface area contributed by atoms with Gasteiger partial charge >= 0.3 is 0 Å². The molecule has 1 heterocycles. The monoisotopic (exact) mass is 270 g/mol. The van der Waals surface area contributed by atoms with Crippen molar-refractivity contribution in [1.29, 1.82) is 5.26 Å². The van der Waals surface area contributed by atoms with E-state index in [0.717, 1.165) is 17.7 Å². The van der Waals surface area contributed by atoms with E-state index in [1.807, 2.05) is 6.07 Å². The van der Waals surface area contributed by atoms with E-state index >= 15 is 0 Å². The SMILES string of the molecule is CCCCc1ccc(-c2cc(Cl)c(C#N)cn2)cc1. The first kappa shape index (κ1) is 13.6. The topological polar surface area (TPSA) is 36.7 Å². The Kier molecular flexibility index (Phi) is 4.54. The minimum atomic E-state index is 0.407. The van der Waals surface area contributed by atoms with Crippen molar-refractivity contribution in [3.05, 3.63) is 52.7 Å². The minimum absolute atomic E-state index is 0.407. The van der Waals surface area contributed by atoms with Crippen LogP contribution in [0.2, 0.25) is 5.02 Å². The summed E-state index contributed by atoms with van der Waals surface area (Å²) in [4.78, 5) is 4.27. The number of hydrogen-bond acceptors (Lipinski definition) is 2. The second kappa shape index (κ2) is 6.36. The first-order valence-electron chi connectivity index (χ1n) is 6.39. The Morgan fingerprint density at radius 3 is 2.58 bits per heavy atom. The molecular weight excluding hydrogens is 256 g/mol. The van der Waals surface area contributed by atoms with E-state index in [-0.39, 0.29) is 0 Å². The van der Waals surface area contributed by atoms with Crippen LogP contribution in [0.25, 0.3) is 11.3 Å². The van der Waals surface area contributed by atoms with E-state index in [9.17, 15) is 0 Å². The number of hydrogen-bond donors (Lipinski definition) is 0. The highest BCUT2D eigenvalue weighted by Gasteiger charge is 2.04. The second-order valence-electron chi connectivity index (χ2n) is 4.46. The highest BCUT2D eigenvalue weighted by atomic mass is 35.5. The molecule has 0 aliphatic heterocycles. The van der Waals surface area contributed by atoms with Crippen LogP contribution in [0, 0.1) is 11.3 Å². The number of halogens is 1. The van der Waals surface area contributed by atoms with E-state index < -0.39 is 0 Å². The van der Waals surface area contributed by atoms with Gasteiger partial charge in [0.05, 0.1) is 16.3 Å². The highest BCUT2D eigenvalue weighted by Crippen LogP contribution is 2.23. The lowest BCUT2D eigenvalue weighted by Crippen LogP contribution is -1.88. The van der Waals surface area contributed by atoms with Gasteiger partial charge in [-0.25, -0.2) is 0 Å². The lowest BCUT2D eigenvalue weighted by Gasteiger charge is -2.04. The normalized spacial score (nSPS) is 10.2. The van der Waals surface area contributed by atoms with Crippen molar-refractivity contribution in [2.75, 3.05) is 0 Å². The maximum atomic E-state index is 8.82. The van der Waals surface area contributed by atoms with E-state index in [4.69, 9.17) is 16.9 Å². The molecule has 2 rings (SSSR count). The smallest absolute Gasteiger partial charge is 0.102 e. The quantitative estimate of drug-likeness (QED) is 0.813. The third kappa shape index (κ3) is 3.33. The number of aromatic nitrogens is 1. The lowest BCUT2D eigenvalue weighted by atomic mass is 10.0. The van der Waals surface area contributed by atoms with Crippen LogP contribution in [0.1, 0.15) is 30.9 Å². The van der Waals surface area contributed by atoms with Crippen molar-refractivity contribution < 1.29 is 0 Å². The second-order valence-corrected chi connectivity index (χ2v) is 4.87. The Labute approximate surface area is 118 Å². The molecule has 0 spiro atoms. The van der Waals surface area contributed by atoms with Gasteiger partial charge in [-0.05, 0) is 24.5 Å². The van der Waals surface area contributed by atoms with Crippen LogP contribution in [-0.2, 0) is 6.42 Å². The van der Waals surface area contributed by atoms with Crippen molar-refractivity contribution in [2.24, 2.45) is 0 Å². The Morgan fingerprint density at radius 1 is 1.26 bits per heavy atom. The molecule has 0 aliphatic rings. The zero-order chi connectivity index (χ0) is 13.7. The fraction of sp³-hybridized carbons (Fsp3) is 0.250. The largest absolute Gasteiger partial charge is 0.255 e. The highest BCUT2D eigenvalue weighted by molar-refractivity contribution is 6.31. The number of aryl methyl sites for hydroxylation is 1. The average molecular weight is 271 g/mol. The number of unbranched alkanes of at least 4 members (excludes halogenated alkanes) is 1. The minimum Gasteiger partial charge on any atom is -0.255 e. The molecule has 0 aliphatic carbocycles. The number of nitrogens with zero attached hydrogens (tertiary/aromatic N) is 2. The number of nitriles is 1. The Hall–Kier alpha value is -1.85. The molecule has 0 radical (unpaired) electrons. The van der Waals surface area contributed by atoms with Gasteiger partial charge in [0.2, 0.25) is 0 Å². The van der Waals surface area contributed by atoms with Gasteiger partial charge in [-0.3, -0.25) is 4.98 Å². The lowest BCUT2D eigenvalue weighted by molar-refractivity contribution is 0.795. The molecule has 0 atom stereocenters. The molecule has 2 nitrogen and oxygen atoms in total. The summed E-state index contributed by atoms with van der Waals surface area (Å²) in [6.45, 7) is 2.19. The third-order valence-corrected chi connectivity index (χ3v) is 3.36. The predicted octanol–water partition coefficient (Wildman–Crippen LogP) is 4.62. The number of pyridine rings is 1. The molecule has 2 aromatic rings. The molecule has 0 amide bonds. The van der Waals surface area contributed by atoms with Crippen molar-refractivity contribution in [1.82, 2.24) is 4.98 Å². The first-order valence-corrected chi connectivity index (χ1v) is 6.77. The van der Waals surface area contributed by atoms with Crippen molar-refractivity contribution in [3.8, 4) is 17.3 Å². The third-order valence-electron chi connectivity index (χ3n) is 3.04. The van der Waals surface area contributed by atoms with Crippen molar-refractivity contribution >= 4 is 11.6 Å². The fourth-order valence-electron chi connectivity index (χ4n) is 1.89. The van der Waals surface area contributed by atoms with Crippen LogP contribution in [0.5, 0.6) is 0 Å². The van der Waals surface area contributed by atoms with Crippen LogP contribution in [0.4, 0.5) is 0 Å². The van der Waals surface area contributed by atoms with Crippen LogP contribution >= 0.6 is 11.6 Å². The first-order chi connectivity index (χ1) is 9.24. The van der Waals surface area contributed by atoms with Crippen LogP contribution in [0.15, 0.2) is 36.5 Å². The number of benzene rings is 1. The molecule has 1 aromatic heterocycles. The van der Waals surface area contributed by atoms with Crippen molar-refractivity contribution in [2.45, 2.75) is 26.2 Å². The van der Waals surface area contributed by atoms with Gasteiger partial charge in [0.15, 0.2) is 0 Å². The summed E-state index contributed by atoms with van der Waals surface area (Å²) in [5, 5.41) is 9.27. The summed E-state index contributed by atoms with van der Waals surface area (Å²) >= 11 is 6.02. The molecule has 0 bridgehead atoms. The Balaban J connectivity index is 2.22. The molecule has 3 heteroatoms. The van der Waals surface area contributed by atoms with Crippen molar-refractivity contribution in [3.63, 3.8) is 0 Å². The van der Waals surface area contributed by atoms with Gasteiger partial charge in [-0.15, -0.1) is 0 Å². The summed E-state index contributed by atoms with van der Waals surface area (Å²) in [5.74, 6) is 0. The Bertz CT molecular complexity index is 597. The molecular formula is C16H15ClN2. The molecule has 1 aromatic carbocycles. The van der Waals surface area contributed by atoms with Crippen LogP contribution in [-0.4, -0.2) is 4.98 Å². The zero-order valence-electron chi connectivity index (χ0n) is 10.9. The maximum Gasteiger partial charge on any atom is 0.102 e. The van der Waals surface area contributed by atoms with Gasteiger partial charge in [0, 0.05) is 11.8 Å². The van der Waals surface area contributed by atoms with Crippen LogP contribution < -0.4 is 0 Å². The standard InChI is InChI=1S/C16H15ClN2/c1-2-3-4-12-5-7-13(8-6-12)16-9-15(17)14(10-18)11-19-16/h5-9,11H,2-4H2,1H3. The summed E-state index contributed by atoms with van der Waals surface area (Å²) in [7, 11) is 0. The van der Waals surface area contributed by atoms with Gasteiger partial charge in [-0.1, -0.05) is 49.2 Å². The van der Waals surface area contributed by atoms with Gasteiger partial charge in [-0.2, -0.15) is 5.26 Å². The maximum absolute atomic E-state index is 8.82. The molecule has 0 saturated heterocycles. The molecule has 0 unspecified atom stereocenters.